The molecule has 0 aromatic heterocycles. The monoisotopic (exact) mass is 212 g/mol. The van der Waals surface area contributed by atoms with Gasteiger partial charge in [0, 0.05) is 0 Å². The van der Waals surface area contributed by atoms with E-state index < -0.39 is 0 Å². The average molecular weight is 213 g/mol. The standard InChI is InChI=1S/C10H13Br/c11-10-5-6-1-2-8-7(6)3-4-9(8)10/h5-9H,1-4H2/t6-,7-,8-,9+/m0/s1. The van der Waals surface area contributed by atoms with Crippen LogP contribution in [-0.2, 0) is 0 Å². The summed E-state index contributed by atoms with van der Waals surface area (Å²) in [6.07, 6.45) is 8.45. The Morgan fingerprint density at radius 1 is 1.09 bits per heavy atom. The van der Waals surface area contributed by atoms with E-state index in [-0.39, 0.29) is 0 Å². The number of rotatable bonds is 0. The molecule has 0 amide bonds. The molecule has 0 aromatic rings. The van der Waals surface area contributed by atoms with Gasteiger partial charge >= 0.3 is 0 Å². The Morgan fingerprint density at radius 2 is 1.91 bits per heavy atom. The predicted molar refractivity (Wildman–Crippen MR) is 49.4 cm³/mol. The van der Waals surface area contributed by atoms with Gasteiger partial charge in [-0.1, -0.05) is 22.0 Å². The van der Waals surface area contributed by atoms with Gasteiger partial charge in [-0.3, -0.25) is 0 Å². The van der Waals surface area contributed by atoms with E-state index in [9.17, 15) is 0 Å². The summed E-state index contributed by atoms with van der Waals surface area (Å²) in [4.78, 5) is 0. The van der Waals surface area contributed by atoms with Crippen LogP contribution in [0.4, 0.5) is 0 Å². The highest BCUT2D eigenvalue weighted by atomic mass is 79.9. The van der Waals surface area contributed by atoms with Gasteiger partial charge in [0.2, 0.25) is 0 Å². The molecule has 0 aliphatic heterocycles. The van der Waals surface area contributed by atoms with Crippen molar-refractivity contribution in [3.05, 3.63) is 10.6 Å². The molecule has 4 bridgehead atoms. The van der Waals surface area contributed by atoms with Gasteiger partial charge in [-0.25, -0.2) is 0 Å². The topological polar surface area (TPSA) is 0 Å². The zero-order valence-corrected chi connectivity index (χ0v) is 8.18. The summed E-state index contributed by atoms with van der Waals surface area (Å²) in [5.74, 6) is 4.03. The van der Waals surface area contributed by atoms with Gasteiger partial charge in [0.25, 0.3) is 0 Å². The molecule has 0 unspecified atom stereocenters. The van der Waals surface area contributed by atoms with Gasteiger partial charge in [0.1, 0.15) is 0 Å². The molecule has 3 aliphatic carbocycles. The molecule has 1 heteroatoms. The van der Waals surface area contributed by atoms with Gasteiger partial charge < -0.3 is 0 Å². The predicted octanol–water partition coefficient (Wildman–Crippen LogP) is 3.33. The van der Waals surface area contributed by atoms with E-state index >= 15 is 0 Å². The lowest BCUT2D eigenvalue weighted by Crippen LogP contribution is -2.16. The molecule has 3 rings (SSSR count). The fourth-order valence-electron chi connectivity index (χ4n) is 3.52. The molecule has 0 heterocycles. The van der Waals surface area contributed by atoms with Crippen molar-refractivity contribution in [2.45, 2.75) is 25.7 Å². The number of allylic oxidation sites excluding steroid dienone is 2. The van der Waals surface area contributed by atoms with E-state index in [1.807, 2.05) is 0 Å². The first-order valence-electron chi connectivity index (χ1n) is 4.73. The van der Waals surface area contributed by atoms with Gasteiger partial charge in [-0.2, -0.15) is 0 Å². The van der Waals surface area contributed by atoms with E-state index in [0.717, 1.165) is 23.7 Å². The van der Waals surface area contributed by atoms with E-state index in [4.69, 9.17) is 0 Å². The first kappa shape index (κ1) is 6.71. The quantitative estimate of drug-likeness (QED) is 0.579. The third-order valence-electron chi connectivity index (χ3n) is 3.99. The van der Waals surface area contributed by atoms with Crippen LogP contribution < -0.4 is 0 Å². The molecule has 2 fully saturated rings. The first-order chi connectivity index (χ1) is 5.36. The maximum Gasteiger partial charge on any atom is -0.00525 e. The first-order valence-corrected chi connectivity index (χ1v) is 5.53. The Morgan fingerprint density at radius 3 is 2.82 bits per heavy atom. The maximum absolute atomic E-state index is 3.72. The second-order valence-corrected chi connectivity index (χ2v) is 5.22. The smallest absolute Gasteiger partial charge is 0.00525 e. The Hall–Kier alpha value is 0.220. The van der Waals surface area contributed by atoms with Crippen LogP contribution in [0.3, 0.4) is 0 Å². The minimum absolute atomic E-state index is 0.929. The number of hydrogen-bond donors (Lipinski definition) is 0. The zero-order chi connectivity index (χ0) is 7.42. The molecule has 0 N–H and O–H groups in total. The second kappa shape index (κ2) is 2.12. The van der Waals surface area contributed by atoms with Crippen LogP contribution in [0.2, 0.25) is 0 Å². The summed E-state index contributed by atoms with van der Waals surface area (Å²) in [7, 11) is 0. The zero-order valence-electron chi connectivity index (χ0n) is 6.59. The van der Waals surface area contributed by atoms with Crippen molar-refractivity contribution >= 4 is 15.9 Å². The largest absolute Gasteiger partial charge is 0.0707 e. The fraction of sp³-hybridized carbons (Fsp3) is 0.800. The highest BCUT2D eigenvalue weighted by Gasteiger charge is 2.47. The van der Waals surface area contributed by atoms with E-state index in [1.165, 1.54) is 25.7 Å². The minimum Gasteiger partial charge on any atom is -0.0707 e. The van der Waals surface area contributed by atoms with Crippen molar-refractivity contribution < 1.29 is 0 Å². The normalized spacial score (nSPS) is 53.0. The Labute approximate surface area is 76.2 Å². The van der Waals surface area contributed by atoms with Crippen molar-refractivity contribution in [3.63, 3.8) is 0 Å². The minimum atomic E-state index is 0.929. The van der Waals surface area contributed by atoms with E-state index in [2.05, 4.69) is 22.0 Å². The second-order valence-electron chi connectivity index (χ2n) is 4.30. The van der Waals surface area contributed by atoms with Crippen molar-refractivity contribution in [2.75, 3.05) is 0 Å². The van der Waals surface area contributed by atoms with Crippen LogP contribution >= 0.6 is 15.9 Å². The summed E-state index contributed by atoms with van der Waals surface area (Å²) >= 11 is 3.72. The third kappa shape index (κ3) is 0.756. The highest BCUT2D eigenvalue weighted by Crippen LogP contribution is 2.58. The Bertz CT molecular complexity index is 219. The van der Waals surface area contributed by atoms with Gasteiger partial charge in [-0.15, -0.1) is 0 Å². The molecule has 2 saturated carbocycles. The molecular formula is C10H13Br. The number of hydrogen-bond acceptors (Lipinski definition) is 0. The molecular weight excluding hydrogens is 200 g/mol. The van der Waals surface area contributed by atoms with Crippen molar-refractivity contribution in [2.24, 2.45) is 23.7 Å². The summed E-state index contributed by atoms with van der Waals surface area (Å²) < 4.78 is 1.54. The number of halogens is 1. The van der Waals surface area contributed by atoms with E-state index in [1.54, 1.807) is 4.48 Å². The maximum atomic E-state index is 3.72. The Kier molecular flexibility index (Phi) is 1.30. The molecule has 60 valence electrons. The van der Waals surface area contributed by atoms with Crippen LogP contribution in [0, 0.1) is 23.7 Å². The van der Waals surface area contributed by atoms with Crippen LogP contribution in [0.15, 0.2) is 10.6 Å². The van der Waals surface area contributed by atoms with Gasteiger partial charge in [-0.05, 0) is 53.8 Å². The molecule has 4 atom stereocenters. The van der Waals surface area contributed by atoms with Gasteiger partial charge in [0.05, 0.1) is 0 Å². The molecule has 0 aromatic carbocycles. The van der Waals surface area contributed by atoms with Crippen molar-refractivity contribution in [3.8, 4) is 0 Å². The molecule has 0 radical (unpaired) electrons. The summed E-state index contributed by atoms with van der Waals surface area (Å²) in [6.45, 7) is 0. The molecule has 0 nitrogen and oxygen atoms in total. The van der Waals surface area contributed by atoms with Crippen LogP contribution in [-0.4, -0.2) is 0 Å². The lowest BCUT2D eigenvalue weighted by Gasteiger charge is -2.24. The average Bonchev–Trinajstić information content (AvgIpc) is 2.44. The third-order valence-corrected chi connectivity index (χ3v) is 4.84. The van der Waals surface area contributed by atoms with Crippen molar-refractivity contribution in [1.82, 2.24) is 0 Å². The van der Waals surface area contributed by atoms with E-state index in [0.29, 0.717) is 0 Å². The molecule has 11 heavy (non-hydrogen) atoms. The van der Waals surface area contributed by atoms with Crippen LogP contribution in [0.25, 0.3) is 0 Å². The summed E-state index contributed by atoms with van der Waals surface area (Å²) in [5.41, 5.74) is 0. The van der Waals surface area contributed by atoms with Gasteiger partial charge in [0.15, 0.2) is 0 Å². The molecule has 0 spiro atoms. The van der Waals surface area contributed by atoms with Crippen LogP contribution in [0.1, 0.15) is 25.7 Å². The summed E-state index contributed by atoms with van der Waals surface area (Å²) in [5, 5.41) is 0. The SMILES string of the molecule is BrC1=C[C@@H]2CC[C@H]3[C@H]2CC[C@@H]13. The lowest BCUT2D eigenvalue weighted by molar-refractivity contribution is 0.352. The highest BCUT2D eigenvalue weighted by molar-refractivity contribution is 9.11. The molecule has 3 aliphatic rings. The molecule has 0 saturated heterocycles. The fourth-order valence-corrected chi connectivity index (χ4v) is 4.43. The summed E-state index contributed by atoms with van der Waals surface area (Å²) in [6, 6.07) is 0. The Balaban J connectivity index is 2.07. The van der Waals surface area contributed by atoms with Crippen molar-refractivity contribution in [1.29, 1.82) is 0 Å². The van der Waals surface area contributed by atoms with Crippen LogP contribution in [0.5, 0.6) is 0 Å². The lowest BCUT2D eigenvalue weighted by atomic mass is 9.84.